The number of hydrogen-bond acceptors (Lipinski definition) is 8. The predicted molar refractivity (Wildman–Crippen MR) is 133 cm³/mol. The molecule has 0 saturated carbocycles. The van der Waals surface area contributed by atoms with Gasteiger partial charge < -0.3 is 19.5 Å². The Bertz CT molecular complexity index is 1240. The van der Waals surface area contributed by atoms with Crippen molar-refractivity contribution in [3.8, 4) is 17.4 Å². The summed E-state index contributed by atoms with van der Waals surface area (Å²) in [5.74, 6) is 2.52. The fourth-order valence-electron chi connectivity index (χ4n) is 4.50. The van der Waals surface area contributed by atoms with E-state index in [2.05, 4.69) is 44.1 Å². The molecule has 1 saturated heterocycles. The summed E-state index contributed by atoms with van der Waals surface area (Å²) >= 11 is 1.50. The van der Waals surface area contributed by atoms with Gasteiger partial charge >= 0.3 is 0 Å². The molecule has 178 valence electrons. The van der Waals surface area contributed by atoms with E-state index >= 15 is 0 Å². The highest BCUT2D eigenvalue weighted by Crippen LogP contribution is 2.40. The second-order valence-corrected chi connectivity index (χ2v) is 9.28. The first kappa shape index (κ1) is 22.5. The normalized spacial score (nSPS) is 15.6. The van der Waals surface area contributed by atoms with Crippen molar-refractivity contribution < 1.29 is 14.6 Å². The van der Waals surface area contributed by atoms with Crippen LogP contribution in [-0.4, -0.2) is 64.5 Å². The molecule has 0 unspecified atom stereocenters. The Morgan fingerprint density at radius 2 is 1.68 bits per heavy atom. The minimum Gasteiger partial charge on any atom is -0.497 e. The fourth-order valence-corrected chi connectivity index (χ4v) is 5.66. The van der Waals surface area contributed by atoms with Crippen LogP contribution >= 0.6 is 11.3 Å². The van der Waals surface area contributed by atoms with Crippen molar-refractivity contribution in [1.82, 2.24) is 19.5 Å². The first-order chi connectivity index (χ1) is 16.6. The largest absolute Gasteiger partial charge is 0.497 e. The lowest BCUT2D eigenvalue weighted by atomic mass is 10.0. The molecule has 0 amide bonds. The minimum atomic E-state index is -0.0949. The van der Waals surface area contributed by atoms with Crippen LogP contribution in [0, 0.1) is 6.92 Å². The number of methoxy groups -OCH3 is 1. The summed E-state index contributed by atoms with van der Waals surface area (Å²) in [6, 6.07) is 16.3. The average molecular weight is 480 g/mol. The van der Waals surface area contributed by atoms with Crippen LogP contribution in [0.2, 0.25) is 0 Å². The molecule has 1 atom stereocenters. The summed E-state index contributed by atoms with van der Waals surface area (Å²) in [5.41, 5.74) is 2.30. The highest BCUT2D eigenvalue weighted by atomic mass is 32.1. The Morgan fingerprint density at radius 3 is 2.29 bits per heavy atom. The highest BCUT2D eigenvalue weighted by molar-refractivity contribution is 7.17. The van der Waals surface area contributed by atoms with Crippen LogP contribution in [0.5, 0.6) is 17.4 Å². The maximum absolute atomic E-state index is 11.1. The first-order valence-electron chi connectivity index (χ1n) is 11.5. The molecular formula is C25H29N5O3S. The third-order valence-electron chi connectivity index (χ3n) is 6.18. The number of aryl methyl sites for hydroxylation is 1. The molecule has 9 heteroatoms. The van der Waals surface area contributed by atoms with E-state index in [9.17, 15) is 5.11 Å². The molecule has 5 rings (SSSR count). The lowest BCUT2D eigenvalue weighted by molar-refractivity contribution is 0.211. The van der Waals surface area contributed by atoms with Crippen LogP contribution in [-0.2, 0) is 0 Å². The van der Waals surface area contributed by atoms with Gasteiger partial charge in [-0.15, -0.1) is 5.10 Å². The van der Waals surface area contributed by atoms with E-state index in [4.69, 9.17) is 9.47 Å². The summed E-state index contributed by atoms with van der Waals surface area (Å²) in [5, 5.41) is 15.4. The SMILES string of the molecule is CCOc1ccc([C@@H](c2sc3nc(C)nn3c2O)N2CCN(c3ccc(OC)cc3)CC2)cc1. The Hall–Kier alpha value is -3.30. The molecule has 2 aromatic carbocycles. The number of fused-ring (bicyclic) bond motifs is 1. The van der Waals surface area contributed by atoms with E-state index in [-0.39, 0.29) is 11.9 Å². The molecule has 1 aliphatic heterocycles. The minimum absolute atomic E-state index is 0.0949. The zero-order chi connectivity index (χ0) is 23.7. The number of thiazole rings is 1. The van der Waals surface area contributed by atoms with E-state index in [1.807, 2.05) is 38.1 Å². The smallest absolute Gasteiger partial charge is 0.230 e. The van der Waals surface area contributed by atoms with Gasteiger partial charge in [0.25, 0.3) is 0 Å². The number of aromatic nitrogens is 3. The Balaban J connectivity index is 1.43. The number of benzene rings is 2. The maximum atomic E-state index is 11.1. The number of hydrogen-bond donors (Lipinski definition) is 1. The molecule has 1 aliphatic rings. The molecular weight excluding hydrogens is 450 g/mol. The number of nitrogens with zero attached hydrogens (tertiary/aromatic N) is 5. The monoisotopic (exact) mass is 479 g/mol. The van der Waals surface area contributed by atoms with Crippen LogP contribution in [0.15, 0.2) is 48.5 Å². The van der Waals surface area contributed by atoms with Gasteiger partial charge in [0.2, 0.25) is 10.8 Å². The van der Waals surface area contributed by atoms with E-state index in [1.54, 1.807) is 11.6 Å². The van der Waals surface area contributed by atoms with Crippen molar-refractivity contribution in [1.29, 1.82) is 0 Å². The summed E-state index contributed by atoms with van der Waals surface area (Å²) in [4.78, 5) is 10.8. The van der Waals surface area contributed by atoms with Gasteiger partial charge in [-0.3, -0.25) is 4.90 Å². The molecule has 34 heavy (non-hydrogen) atoms. The van der Waals surface area contributed by atoms with Gasteiger partial charge in [0, 0.05) is 31.9 Å². The Labute approximate surface area is 203 Å². The molecule has 0 bridgehead atoms. The van der Waals surface area contributed by atoms with Gasteiger partial charge in [0.1, 0.15) is 17.3 Å². The Kier molecular flexibility index (Phi) is 6.30. The van der Waals surface area contributed by atoms with E-state index in [1.165, 1.54) is 17.0 Å². The summed E-state index contributed by atoms with van der Waals surface area (Å²) < 4.78 is 12.5. The van der Waals surface area contributed by atoms with Gasteiger partial charge in [0.15, 0.2) is 0 Å². The molecule has 0 spiro atoms. The van der Waals surface area contributed by atoms with E-state index in [0.29, 0.717) is 17.4 Å². The zero-order valence-corrected chi connectivity index (χ0v) is 20.5. The topological polar surface area (TPSA) is 75.4 Å². The van der Waals surface area contributed by atoms with Gasteiger partial charge in [-0.1, -0.05) is 23.5 Å². The second-order valence-electron chi connectivity index (χ2n) is 8.27. The third kappa shape index (κ3) is 4.28. The van der Waals surface area contributed by atoms with Crippen molar-refractivity contribution >= 4 is 22.0 Å². The maximum Gasteiger partial charge on any atom is 0.230 e. The molecule has 0 aliphatic carbocycles. The summed E-state index contributed by atoms with van der Waals surface area (Å²) in [6.07, 6.45) is 0. The number of ether oxygens (including phenoxy) is 2. The molecule has 2 aromatic heterocycles. The zero-order valence-electron chi connectivity index (χ0n) is 19.6. The highest BCUT2D eigenvalue weighted by Gasteiger charge is 2.31. The lowest BCUT2D eigenvalue weighted by Gasteiger charge is -2.40. The van der Waals surface area contributed by atoms with Crippen molar-refractivity contribution in [3.63, 3.8) is 0 Å². The van der Waals surface area contributed by atoms with Crippen LogP contribution in [0.3, 0.4) is 0 Å². The van der Waals surface area contributed by atoms with E-state index < -0.39 is 0 Å². The number of rotatable bonds is 7. The van der Waals surface area contributed by atoms with Crippen LogP contribution in [0.1, 0.15) is 29.2 Å². The van der Waals surface area contributed by atoms with Gasteiger partial charge in [0.05, 0.1) is 24.6 Å². The quantitative estimate of drug-likeness (QED) is 0.427. The molecule has 1 N–H and O–H groups in total. The summed E-state index contributed by atoms with van der Waals surface area (Å²) in [7, 11) is 1.68. The van der Waals surface area contributed by atoms with Crippen LogP contribution in [0.25, 0.3) is 4.96 Å². The average Bonchev–Trinajstić information content (AvgIpc) is 3.38. The molecule has 8 nitrogen and oxygen atoms in total. The fraction of sp³-hybridized carbons (Fsp3) is 0.360. The van der Waals surface area contributed by atoms with Crippen molar-refractivity contribution in [3.05, 3.63) is 64.8 Å². The van der Waals surface area contributed by atoms with Gasteiger partial charge in [-0.2, -0.15) is 4.52 Å². The Morgan fingerprint density at radius 1 is 1.00 bits per heavy atom. The standard InChI is InChI=1S/C25H29N5O3S/c1-4-33-21-9-5-18(6-10-21)22(23-24(31)30-25(34-23)26-17(2)27-30)29-15-13-28(14-16-29)19-7-11-20(32-3)12-8-19/h5-12,22,31H,4,13-16H2,1-3H3/t22-/m0/s1. The third-order valence-corrected chi connectivity index (χ3v) is 7.25. The van der Waals surface area contributed by atoms with Gasteiger partial charge in [-0.25, -0.2) is 4.98 Å². The second kappa shape index (κ2) is 9.52. The van der Waals surface area contributed by atoms with E-state index in [0.717, 1.165) is 48.1 Å². The van der Waals surface area contributed by atoms with Gasteiger partial charge in [-0.05, 0) is 55.8 Å². The number of aromatic hydroxyl groups is 1. The lowest BCUT2D eigenvalue weighted by Crippen LogP contribution is -2.47. The molecule has 0 radical (unpaired) electrons. The molecule has 4 aromatic rings. The van der Waals surface area contributed by atoms with Crippen LogP contribution < -0.4 is 14.4 Å². The number of piperazine rings is 1. The number of anilines is 1. The van der Waals surface area contributed by atoms with Crippen molar-refractivity contribution in [2.45, 2.75) is 19.9 Å². The van der Waals surface area contributed by atoms with Crippen molar-refractivity contribution in [2.24, 2.45) is 0 Å². The molecule has 3 heterocycles. The first-order valence-corrected chi connectivity index (χ1v) is 12.3. The van der Waals surface area contributed by atoms with Crippen LogP contribution in [0.4, 0.5) is 5.69 Å². The molecule has 1 fully saturated rings. The van der Waals surface area contributed by atoms with Crippen molar-refractivity contribution in [2.75, 3.05) is 44.8 Å². The summed E-state index contributed by atoms with van der Waals surface area (Å²) in [6.45, 7) is 7.94. The predicted octanol–water partition coefficient (Wildman–Crippen LogP) is 4.12.